The molecule has 1 heterocycles. The van der Waals surface area contributed by atoms with Gasteiger partial charge in [0, 0.05) is 18.6 Å². The van der Waals surface area contributed by atoms with Gasteiger partial charge in [-0.25, -0.2) is 4.39 Å². The molecule has 1 saturated heterocycles. The molecule has 2 atom stereocenters. The molecule has 0 aliphatic carbocycles. The van der Waals surface area contributed by atoms with Gasteiger partial charge in [-0.3, -0.25) is 0 Å². The van der Waals surface area contributed by atoms with Crippen molar-refractivity contribution in [3.8, 4) is 0 Å². The van der Waals surface area contributed by atoms with Crippen LogP contribution in [0.4, 0.5) is 4.39 Å². The van der Waals surface area contributed by atoms with Gasteiger partial charge >= 0.3 is 0 Å². The molecule has 0 aromatic heterocycles. The van der Waals surface area contributed by atoms with E-state index in [1.54, 1.807) is 0 Å². The molecule has 2 nitrogen and oxygen atoms in total. The topological polar surface area (TPSA) is 24.1 Å². The number of alkyl halides is 1. The van der Waals surface area contributed by atoms with Crippen molar-refractivity contribution in [3.05, 3.63) is 0 Å². The van der Waals surface area contributed by atoms with Crippen LogP contribution >= 0.6 is 0 Å². The van der Waals surface area contributed by atoms with Crippen molar-refractivity contribution < 1.29 is 4.39 Å². The molecule has 0 aromatic rings. The van der Waals surface area contributed by atoms with Gasteiger partial charge in [0.25, 0.3) is 0 Å². The van der Waals surface area contributed by atoms with Gasteiger partial charge in [0.15, 0.2) is 0 Å². The highest BCUT2D eigenvalue weighted by molar-refractivity contribution is 4.82. The number of nitrogens with one attached hydrogen (secondary N) is 2. The predicted octanol–water partition coefficient (Wildman–Crippen LogP) is 1.07. The first kappa shape index (κ1) is 9.93. The Morgan fingerprint density at radius 1 is 1.50 bits per heavy atom. The van der Waals surface area contributed by atoms with Gasteiger partial charge in [-0.1, -0.05) is 13.8 Å². The summed E-state index contributed by atoms with van der Waals surface area (Å²) >= 11 is 0. The van der Waals surface area contributed by atoms with E-state index in [9.17, 15) is 4.39 Å². The first-order valence-corrected chi connectivity index (χ1v) is 4.81. The van der Waals surface area contributed by atoms with Gasteiger partial charge in [-0.2, -0.15) is 0 Å². The zero-order valence-corrected chi connectivity index (χ0v) is 7.94. The Balaban J connectivity index is 2.36. The van der Waals surface area contributed by atoms with Crippen LogP contribution in [-0.4, -0.2) is 31.3 Å². The third-order valence-electron chi connectivity index (χ3n) is 2.19. The molecular formula is C9H19FN2. The summed E-state index contributed by atoms with van der Waals surface area (Å²) in [6, 6.07) is 0.436. The van der Waals surface area contributed by atoms with E-state index in [0.29, 0.717) is 12.6 Å². The highest BCUT2D eigenvalue weighted by atomic mass is 19.1. The number of hydrogen-bond acceptors (Lipinski definition) is 2. The third-order valence-corrected chi connectivity index (χ3v) is 2.19. The SMILES string of the molecule is CC(C)NC1CCCNCC1F. The summed E-state index contributed by atoms with van der Waals surface area (Å²) in [5, 5.41) is 6.34. The van der Waals surface area contributed by atoms with Crippen LogP contribution in [0, 0.1) is 0 Å². The van der Waals surface area contributed by atoms with Crippen molar-refractivity contribution in [1.82, 2.24) is 10.6 Å². The molecule has 12 heavy (non-hydrogen) atoms. The van der Waals surface area contributed by atoms with Gasteiger partial charge in [-0.05, 0) is 19.4 Å². The second kappa shape index (κ2) is 4.77. The molecule has 0 amide bonds. The second-order valence-electron chi connectivity index (χ2n) is 3.79. The number of halogens is 1. The van der Waals surface area contributed by atoms with Crippen molar-refractivity contribution in [2.24, 2.45) is 0 Å². The van der Waals surface area contributed by atoms with Crippen LogP contribution in [0.25, 0.3) is 0 Å². The van der Waals surface area contributed by atoms with Crippen LogP contribution in [-0.2, 0) is 0 Å². The Hall–Kier alpha value is -0.150. The third kappa shape index (κ3) is 3.07. The highest BCUT2D eigenvalue weighted by Gasteiger charge is 2.22. The summed E-state index contributed by atoms with van der Waals surface area (Å²) in [6.45, 7) is 5.58. The zero-order chi connectivity index (χ0) is 8.97. The van der Waals surface area contributed by atoms with E-state index in [2.05, 4.69) is 24.5 Å². The minimum Gasteiger partial charge on any atom is -0.314 e. The summed E-state index contributed by atoms with van der Waals surface area (Å²) < 4.78 is 13.3. The first-order valence-electron chi connectivity index (χ1n) is 4.81. The molecule has 0 spiro atoms. The highest BCUT2D eigenvalue weighted by Crippen LogP contribution is 2.09. The quantitative estimate of drug-likeness (QED) is 0.654. The lowest BCUT2D eigenvalue weighted by Crippen LogP contribution is -2.43. The standard InChI is InChI=1S/C9H19FN2/c1-7(2)12-9-4-3-5-11-6-8(9)10/h7-9,11-12H,3-6H2,1-2H3. The van der Waals surface area contributed by atoms with Crippen LogP contribution < -0.4 is 10.6 Å². The average molecular weight is 174 g/mol. The Kier molecular flexibility index (Phi) is 3.95. The summed E-state index contributed by atoms with van der Waals surface area (Å²) in [7, 11) is 0. The fraction of sp³-hybridized carbons (Fsp3) is 1.00. The molecular weight excluding hydrogens is 155 g/mol. The first-order chi connectivity index (χ1) is 5.70. The molecule has 1 fully saturated rings. The predicted molar refractivity (Wildman–Crippen MR) is 49.1 cm³/mol. The maximum atomic E-state index is 13.3. The van der Waals surface area contributed by atoms with Gasteiger partial charge in [0.1, 0.15) is 6.17 Å². The Bertz CT molecular complexity index is 128. The van der Waals surface area contributed by atoms with Crippen molar-refractivity contribution in [2.75, 3.05) is 13.1 Å². The summed E-state index contributed by atoms with van der Waals surface area (Å²) in [6.07, 6.45) is 1.30. The molecule has 0 aromatic carbocycles. The average Bonchev–Trinajstić information content (AvgIpc) is 2.16. The summed E-state index contributed by atoms with van der Waals surface area (Å²) in [5.41, 5.74) is 0. The Morgan fingerprint density at radius 3 is 2.92 bits per heavy atom. The minimum atomic E-state index is -0.727. The zero-order valence-electron chi connectivity index (χ0n) is 7.94. The van der Waals surface area contributed by atoms with Crippen LogP contribution in [0.2, 0.25) is 0 Å². The van der Waals surface area contributed by atoms with Crippen molar-refractivity contribution in [2.45, 2.75) is 44.9 Å². The molecule has 1 aliphatic heterocycles. The van der Waals surface area contributed by atoms with Gasteiger partial charge in [0.05, 0.1) is 0 Å². The lowest BCUT2D eigenvalue weighted by molar-refractivity contribution is 0.238. The van der Waals surface area contributed by atoms with E-state index in [-0.39, 0.29) is 6.04 Å². The van der Waals surface area contributed by atoms with E-state index < -0.39 is 6.17 Å². The monoisotopic (exact) mass is 174 g/mol. The second-order valence-corrected chi connectivity index (χ2v) is 3.79. The molecule has 1 aliphatic rings. The minimum absolute atomic E-state index is 0.0556. The molecule has 0 bridgehead atoms. The van der Waals surface area contributed by atoms with Crippen LogP contribution in [0.1, 0.15) is 26.7 Å². The largest absolute Gasteiger partial charge is 0.314 e. The Morgan fingerprint density at radius 2 is 2.25 bits per heavy atom. The van der Waals surface area contributed by atoms with Crippen molar-refractivity contribution >= 4 is 0 Å². The molecule has 0 radical (unpaired) electrons. The van der Waals surface area contributed by atoms with E-state index in [1.807, 2.05) is 0 Å². The summed E-state index contributed by atoms with van der Waals surface area (Å²) in [4.78, 5) is 0. The molecule has 0 saturated carbocycles. The molecule has 72 valence electrons. The molecule has 2 N–H and O–H groups in total. The van der Waals surface area contributed by atoms with E-state index in [4.69, 9.17) is 0 Å². The summed E-state index contributed by atoms with van der Waals surface area (Å²) in [5.74, 6) is 0. The fourth-order valence-electron chi connectivity index (χ4n) is 1.63. The van der Waals surface area contributed by atoms with Crippen molar-refractivity contribution in [3.63, 3.8) is 0 Å². The lowest BCUT2D eigenvalue weighted by Gasteiger charge is -2.22. The van der Waals surface area contributed by atoms with Gasteiger partial charge < -0.3 is 10.6 Å². The Labute approximate surface area is 73.9 Å². The molecule has 2 unspecified atom stereocenters. The van der Waals surface area contributed by atoms with Crippen LogP contribution in [0.5, 0.6) is 0 Å². The molecule has 3 heteroatoms. The number of hydrogen-bond donors (Lipinski definition) is 2. The van der Waals surface area contributed by atoms with E-state index in [0.717, 1.165) is 19.4 Å². The molecule has 1 rings (SSSR count). The van der Waals surface area contributed by atoms with Crippen LogP contribution in [0.15, 0.2) is 0 Å². The van der Waals surface area contributed by atoms with Crippen LogP contribution in [0.3, 0.4) is 0 Å². The van der Waals surface area contributed by atoms with Crippen molar-refractivity contribution in [1.29, 1.82) is 0 Å². The number of rotatable bonds is 2. The van der Waals surface area contributed by atoms with E-state index in [1.165, 1.54) is 0 Å². The maximum absolute atomic E-state index is 13.3. The lowest BCUT2D eigenvalue weighted by atomic mass is 10.1. The van der Waals surface area contributed by atoms with E-state index >= 15 is 0 Å². The maximum Gasteiger partial charge on any atom is 0.128 e. The smallest absolute Gasteiger partial charge is 0.128 e. The van der Waals surface area contributed by atoms with Gasteiger partial charge in [0.2, 0.25) is 0 Å². The fourth-order valence-corrected chi connectivity index (χ4v) is 1.63. The van der Waals surface area contributed by atoms with Gasteiger partial charge in [-0.15, -0.1) is 0 Å². The normalized spacial score (nSPS) is 32.0.